The molecule has 1 aliphatic rings. The fraction of sp³-hybridized carbons (Fsp3) is 0.588. The highest BCUT2D eigenvalue weighted by Crippen LogP contribution is 2.21. The van der Waals surface area contributed by atoms with E-state index >= 15 is 0 Å². The maximum Gasteiger partial charge on any atom is 0.156 e. The van der Waals surface area contributed by atoms with Crippen LogP contribution in [0.3, 0.4) is 0 Å². The lowest BCUT2D eigenvalue weighted by Crippen LogP contribution is -2.46. The summed E-state index contributed by atoms with van der Waals surface area (Å²) in [6.07, 6.45) is 3.63. The van der Waals surface area contributed by atoms with Gasteiger partial charge in [-0.3, -0.25) is 15.0 Å². The van der Waals surface area contributed by atoms with Crippen molar-refractivity contribution in [2.24, 2.45) is 0 Å². The van der Waals surface area contributed by atoms with Gasteiger partial charge in [-0.25, -0.2) is 4.98 Å². The zero-order valence-electron chi connectivity index (χ0n) is 14.9. The number of hydrogen-bond donors (Lipinski definition) is 1. The molecule has 1 saturated heterocycles. The van der Waals surface area contributed by atoms with Gasteiger partial charge in [-0.15, -0.1) is 0 Å². The van der Waals surface area contributed by atoms with Crippen molar-refractivity contribution in [2.45, 2.75) is 32.7 Å². The monoisotopic (exact) mass is 330 g/mol. The van der Waals surface area contributed by atoms with Gasteiger partial charge in [-0.1, -0.05) is 20.8 Å². The van der Waals surface area contributed by atoms with Crippen LogP contribution in [0.1, 0.15) is 32.4 Å². The Labute approximate surface area is 143 Å². The molecule has 0 radical (unpaired) electrons. The number of piperazine rings is 1. The highest BCUT2D eigenvalue weighted by atomic mass is 16.5. The number of nitrogens with one attached hydrogen (secondary N) is 1. The Morgan fingerprint density at radius 1 is 1.17 bits per heavy atom. The molecular formula is C17H26N6O. The molecule has 7 nitrogen and oxygen atoms in total. The van der Waals surface area contributed by atoms with Gasteiger partial charge in [-0.2, -0.15) is 5.10 Å². The molecule has 130 valence electrons. The van der Waals surface area contributed by atoms with Gasteiger partial charge < -0.3 is 9.64 Å². The van der Waals surface area contributed by atoms with E-state index in [2.05, 4.69) is 50.7 Å². The van der Waals surface area contributed by atoms with Gasteiger partial charge in [-0.05, 0) is 0 Å². The summed E-state index contributed by atoms with van der Waals surface area (Å²) < 4.78 is 5.26. The van der Waals surface area contributed by atoms with Crippen LogP contribution in [0.4, 0.5) is 5.69 Å². The van der Waals surface area contributed by atoms with E-state index in [1.807, 2.05) is 12.3 Å². The Balaban J connectivity index is 1.56. The van der Waals surface area contributed by atoms with Crippen molar-refractivity contribution < 1.29 is 4.74 Å². The number of rotatable bonds is 4. The predicted octanol–water partition coefficient (Wildman–Crippen LogP) is 1.83. The van der Waals surface area contributed by atoms with Crippen LogP contribution in [0.15, 0.2) is 18.5 Å². The number of pyridine rings is 1. The van der Waals surface area contributed by atoms with Crippen molar-refractivity contribution in [1.82, 2.24) is 25.1 Å². The lowest BCUT2D eigenvalue weighted by Gasteiger charge is -2.35. The number of hydrogen-bond acceptors (Lipinski definition) is 6. The van der Waals surface area contributed by atoms with Crippen LogP contribution in [0, 0.1) is 0 Å². The number of aromatic nitrogens is 4. The van der Waals surface area contributed by atoms with E-state index in [-0.39, 0.29) is 5.41 Å². The molecule has 7 heteroatoms. The van der Waals surface area contributed by atoms with Crippen LogP contribution in [0.2, 0.25) is 0 Å². The number of nitrogens with zero attached hydrogens (tertiary/aromatic N) is 5. The topological polar surface area (TPSA) is 70.2 Å². The maximum atomic E-state index is 5.26. The summed E-state index contributed by atoms with van der Waals surface area (Å²) in [6.45, 7) is 11.1. The second-order valence-corrected chi connectivity index (χ2v) is 7.20. The van der Waals surface area contributed by atoms with Crippen molar-refractivity contribution in [2.75, 3.05) is 38.2 Å². The smallest absolute Gasteiger partial charge is 0.156 e. The summed E-state index contributed by atoms with van der Waals surface area (Å²) in [5, 5.41) is 7.41. The molecule has 24 heavy (non-hydrogen) atoms. The fourth-order valence-electron chi connectivity index (χ4n) is 2.77. The van der Waals surface area contributed by atoms with Gasteiger partial charge >= 0.3 is 0 Å². The summed E-state index contributed by atoms with van der Waals surface area (Å²) in [4.78, 5) is 13.6. The van der Waals surface area contributed by atoms with Gasteiger partial charge in [0.05, 0.1) is 31.7 Å². The first-order chi connectivity index (χ1) is 11.5. The van der Waals surface area contributed by atoms with E-state index < -0.39 is 0 Å². The van der Waals surface area contributed by atoms with Crippen LogP contribution in [0.25, 0.3) is 0 Å². The highest BCUT2D eigenvalue weighted by molar-refractivity contribution is 5.48. The summed E-state index contributed by atoms with van der Waals surface area (Å²) in [7, 11) is 1.67. The molecule has 3 rings (SSSR count). The number of ether oxygens (including phenoxy) is 1. The predicted molar refractivity (Wildman–Crippen MR) is 93.4 cm³/mol. The molecule has 0 aromatic carbocycles. The first kappa shape index (κ1) is 16.7. The van der Waals surface area contributed by atoms with E-state index in [0.717, 1.165) is 55.8 Å². The maximum absolute atomic E-state index is 5.26. The molecule has 0 aliphatic carbocycles. The lowest BCUT2D eigenvalue weighted by molar-refractivity contribution is 0.244. The van der Waals surface area contributed by atoms with Gasteiger partial charge in [0, 0.05) is 37.7 Å². The average molecular weight is 330 g/mol. The molecule has 1 aliphatic heterocycles. The van der Waals surface area contributed by atoms with Gasteiger partial charge in [0.15, 0.2) is 5.82 Å². The second-order valence-electron chi connectivity index (χ2n) is 7.20. The third-order valence-corrected chi connectivity index (χ3v) is 4.25. The van der Waals surface area contributed by atoms with Crippen LogP contribution in [-0.4, -0.2) is 58.4 Å². The second kappa shape index (κ2) is 6.76. The first-order valence-electron chi connectivity index (χ1n) is 8.34. The standard InChI is InChI=1S/C17H26N6O/c1-17(2,3)16-19-15(20-21-16)12-22-5-7-23(8-6-22)13-9-14(24-4)11-18-10-13/h9-11H,5-8,12H2,1-4H3,(H,19,20,21). The largest absolute Gasteiger partial charge is 0.495 e. The summed E-state index contributed by atoms with van der Waals surface area (Å²) in [5.41, 5.74) is 1.09. The molecule has 2 aromatic heterocycles. The molecule has 0 atom stereocenters. The minimum atomic E-state index is -0.0210. The fourth-order valence-corrected chi connectivity index (χ4v) is 2.77. The average Bonchev–Trinajstić information content (AvgIpc) is 3.04. The summed E-state index contributed by atoms with van der Waals surface area (Å²) in [5.74, 6) is 2.61. The van der Waals surface area contributed by atoms with Crippen molar-refractivity contribution in [1.29, 1.82) is 0 Å². The molecule has 3 heterocycles. The SMILES string of the molecule is COc1cncc(N2CCN(Cc3nc(C(C)(C)C)n[nH]3)CC2)c1. The Morgan fingerprint density at radius 2 is 1.92 bits per heavy atom. The van der Waals surface area contributed by atoms with Crippen LogP contribution >= 0.6 is 0 Å². The molecular weight excluding hydrogens is 304 g/mol. The number of methoxy groups -OCH3 is 1. The van der Waals surface area contributed by atoms with Gasteiger partial charge in [0.1, 0.15) is 11.6 Å². The van der Waals surface area contributed by atoms with Crippen LogP contribution in [-0.2, 0) is 12.0 Å². The minimum Gasteiger partial charge on any atom is -0.495 e. The summed E-state index contributed by atoms with van der Waals surface area (Å²) in [6, 6.07) is 2.04. The Morgan fingerprint density at radius 3 is 2.54 bits per heavy atom. The van der Waals surface area contributed by atoms with Crippen molar-refractivity contribution >= 4 is 5.69 Å². The van der Waals surface area contributed by atoms with E-state index in [1.54, 1.807) is 13.3 Å². The first-order valence-corrected chi connectivity index (χ1v) is 8.34. The van der Waals surface area contributed by atoms with Crippen molar-refractivity contribution in [3.63, 3.8) is 0 Å². The zero-order valence-corrected chi connectivity index (χ0v) is 14.9. The third-order valence-electron chi connectivity index (χ3n) is 4.25. The van der Waals surface area contributed by atoms with Crippen LogP contribution < -0.4 is 9.64 Å². The molecule has 1 N–H and O–H groups in total. The molecule has 0 unspecified atom stereocenters. The normalized spacial score (nSPS) is 16.4. The van der Waals surface area contributed by atoms with E-state index in [4.69, 9.17) is 4.74 Å². The Hall–Kier alpha value is -2.15. The number of anilines is 1. The van der Waals surface area contributed by atoms with E-state index in [1.165, 1.54) is 0 Å². The summed E-state index contributed by atoms with van der Waals surface area (Å²) >= 11 is 0. The molecule has 0 spiro atoms. The van der Waals surface area contributed by atoms with Crippen molar-refractivity contribution in [3.8, 4) is 5.75 Å². The van der Waals surface area contributed by atoms with Gasteiger partial charge in [0.25, 0.3) is 0 Å². The molecule has 0 amide bonds. The number of H-pyrrole nitrogens is 1. The lowest BCUT2D eigenvalue weighted by atomic mass is 9.96. The van der Waals surface area contributed by atoms with Crippen molar-refractivity contribution in [3.05, 3.63) is 30.1 Å². The zero-order chi connectivity index (χ0) is 17.2. The van der Waals surface area contributed by atoms with E-state index in [9.17, 15) is 0 Å². The van der Waals surface area contributed by atoms with E-state index in [0.29, 0.717) is 0 Å². The quantitative estimate of drug-likeness (QED) is 0.922. The molecule has 0 saturated carbocycles. The minimum absolute atomic E-state index is 0.0210. The Kier molecular flexibility index (Phi) is 4.71. The molecule has 0 bridgehead atoms. The van der Waals surface area contributed by atoms with Gasteiger partial charge in [0.2, 0.25) is 0 Å². The third kappa shape index (κ3) is 3.84. The molecule has 2 aromatic rings. The molecule has 1 fully saturated rings. The van der Waals surface area contributed by atoms with Crippen LogP contribution in [0.5, 0.6) is 5.75 Å². The Bertz CT molecular complexity index is 670. The highest BCUT2D eigenvalue weighted by Gasteiger charge is 2.22. The number of aromatic amines is 1.